The summed E-state index contributed by atoms with van der Waals surface area (Å²) in [6.07, 6.45) is 0. The van der Waals surface area contributed by atoms with Gasteiger partial charge in [0.2, 0.25) is 0 Å². The predicted molar refractivity (Wildman–Crippen MR) is 73.4 cm³/mol. The molecule has 1 N–H and O–H groups in total. The Kier molecular flexibility index (Phi) is 3.35. The summed E-state index contributed by atoms with van der Waals surface area (Å²) < 4.78 is 5.24. The number of amides is 1. The molecule has 0 unspecified atom stereocenters. The molecule has 0 atom stereocenters. The molecule has 3 rings (SSSR count). The molecular formula is C13H15N3O2S. The van der Waals surface area contributed by atoms with Gasteiger partial charge in [-0.25, -0.2) is 0 Å². The number of nitrogens with zero attached hydrogens (tertiary/aromatic N) is 2. The minimum absolute atomic E-state index is 0.0286. The Morgan fingerprint density at radius 3 is 2.89 bits per heavy atom. The average Bonchev–Trinajstić information content (AvgIpc) is 3.07. The number of carbonyl (C=O) groups is 1. The Morgan fingerprint density at radius 1 is 1.42 bits per heavy atom. The van der Waals surface area contributed by atoms with Gasteiger partial charge in [-0.15, -0.1) is 11.3 Å². The minimum Gasteiger partial charge on any atom is -0.378 e. The van der Waals surface area contributed by atoms with Crippen LogP contribution in [0.3, 0.4) is 0 Å². The fraction of sp³-hybridized carbons (Fsp3) is 0.385. The number of carbonyl (C=O) groups excluding carboxylic acids is 1. The second-order valence-corrected chi connectivity index (χ2v) is 5.77. The molecular weight excluding hydrogens is 262 g/mol. The van der Waals surface area contributed by atoms with E-state index in [1.165, 1.54) is 4.88 Å². The molecule has 6 heteroatoms. The van der Waals surface area contributed by atoms with Crippen molar-refractivity contribution in [3.8, 4) is 10.6 Å². The van der Waals surface area contributed by atoms with Crippen molar-refractivity contribution in [3.05, 3.63) is 28.8 Å². The van der Waals surface area contributed by atoms with E-state index in [4.69, 9.17) is 4.74 Å². The smallest absolute Gasteiger partial charge is 0.274 e. The number of ether oxygens (including phenoxy) is 1. The lowest BCUT2D eigenvalue weighted by molar-refractivity contribution is 0.0299. The summed E-state index contributed by atoms with van der Waals surface area (Å²) in [5.41, 5.74) is 1.37. The second-order valence-electron chi connectivity index (χ2n) is 4.48. The zero-order chi connectivity index (χ0) is 13.2. The van der Waals surface area contributed by atoms with E-state index in [0.717, 1.165) is 10.6 Å². The van der Waals surface area contributed by atoms with Crippen LogP contribution in [-0.2, 0) is 4.74 Å². The Bertz CT molecular complexity index is 584. The van der Waals surface area contributed by atoms with E-state index in [1.807, 2.05) is 12.1 Å². The monoisotopic (exact) mass is 277 g/mol. The van der Waals surface area contributed by atoms with Crippen LogP contribution in [0.4, 0.5) is 0 Å². The second kappa shape index (κ2) is 5.14. The van der Waals surface area contributed by atoms with Crippen molar-refractivity contribution in [2.24, 2.45) is 0 Å². The summed E-state index contributed by atoms with van der Waals surface area (Å²) in [5, 5.41) is 7.06. The van der Waals surface area contributed by atoms with Crippen LogP contribution in [0.2, 0.25) is 0 Å². The normalized spacial score (nSPS) is 15.7. The van der Waals surface area contributed by atoms with Crippen molar-refractivity contribution < 1.29 is 9.53 Å². The van der Waals surface area contributed by atoms with E-state index in [1.54, 1.807) is 16.2 Å². The fourth-order valence-electron chi connectivity index (χ4n) is 2.07. The molecule has 19 heavy (non-hydrogen) atoms. The Morgan fingerprint density at radius 2 is 2.21 bits per heavy atom. The van der Waals surface area contributed by atoms with Crippen LogP contribution in [0.15, 0.2) is 18.2 Å². The van der Waals surface area contributed by atoms with Gasteiger partial charge < -0.3 is 9.64 Å². The number of aromatic nitrogens is 2. The molecule has 1 saturated heterocycles. The first-order chi connectivity index (χ1) is 9.24. The lowest BCUT2D eigenvalue weighted by atomic mass is 10.3. The van der Waals surface area contributed by atoms with Crippen LogP contribution in [0, 0.1) is 6.92 Å². The van der Waals surface area contributed by atoms with Gasteiger partial charge in [-0.2, -0.15) is 5.10 Å². The molecule has 0 spiro atoms. The Labute approximate surface area is 115 Å². The van der Waals surface area contributed by atoms with Gasteiger partial charge in [-0.05, 0) is 25.1 Å². The first-order valence-corrected chi connectivity index (χ1v) is 7.05. The Hall–Kier alpha value is -1.66. The van der Waals surface area contributed by atoms with Crippen molar-refractivity contribution in [1.29, 1.82) is 0 Å². The lowest BCUT2D eigenvalue weighted by Crippen LogP contribution is -2.40. The van der Waals surface area contributed by atoms with Gasteiger partial charge in [0.1, 0.15) is 0 Å². The maximum absolute atomic E-state index is 12.2. The first-order valence-electron chi connectivity index (χ1n) is 6.23. The summed E-state index contributed by atoms with van der Waals surface area (Å²) >= 11 is 1.69. The quantitative estimate of drug-likeness (QED) is 0.912. The molecule has 1 fully saturated rings. The molecule has 3 heterocycles. The number of aromatic amines is 1. The van der Waals surface area contributed by atoms with Gasteiger partial charge in [0, 0.05) is 18.0 Å². The first kappa shape index (κ1) is 12.4. The molecule has 2 aromatic rings. The van der Waals surface area contributed by atoms with Crippen molar-refractivity contribution >= 4 is 17.2 Å². The summed E-state index contributed by atoms with van der Waals surface area (Å²) in [5.74, 6) is -0.0286. The highest BCUT2D eigenvalue weighted by Gasteiger charge is 2.21. The highest BCUT2D eigenvalue weighted by atomic mass is 32.1. The van der Waals surface area contributed by atoms with Crippen LogP contribution < -0.4 is 0 Å². The van der Waals surface area contributed by atoms with Crippen LogP contribution in [0.1, 0.15) is 15.4 Å². The number of hydrogen-bond donors (Lipinski definition) is 1. The summed E-state index contributed by atoms with van der Waals surface area (Å²) in [4.78, 5) is 16.4. The summed E-state index contributed by atoms with van der Waals surface area (Å²) in [6.45, 7) is 4.54. The maximum atomic E-state index is 12.2. The SMILES string of the molecule is Cc1ccc(-c2cc(C(=O)N3CCOCC3)n[nH]2)s1. The molecule has 1 aliphatic heterocycles. The average molecular weight is 277 g/mol. The third-order valence-corrected chi connectivity index (χ3v) is 4.14. The van der Waals surface area contributed by atoms with Gasteiger partial charge in [0.25, 0.3) is 5.91 Å². The number of rotatable bonds is 2. The standard InChI is InChI=1S/C13H15N3O2S/c1-9-2-3-12(19-9)10-8-11(15-14-10)13(17)16-4-6-18-7-5-16/h2-3,8H,4-7H2,1H3,(H,14,15). The third kappa shape index (κ3) is 2.54. The third-order valence-electron chi connectivity index (χ3n) is 3.10. The molecule has 5 nitrogen and oxygen atoms in total. The highest BCUT2D eigenvalue weighted by molar-refractivity contribution is 7.15. The molecule has 0 aliphatic carbocycles. The van der Waals surface area contributed by atoms with Crippen LogP contribution in [0.25, 0.3) is 10.6 Å². The summed E-state index contributed by atoms with van der Waals surface area (Å²) in [6, 6.07) is 5.92. The fourth-order valence-corrected chi connectivity index (χ4v) is 2.90. The van der Waals surface area contributed by atoms with Crippen molar-refractivity contribution in [2.75, 3.05) is 26.3 Å². The molecule has 0 aromatic carbocycles. The topological polar surface area (TPSA) is 58.2 Å². The van der Waals surface area contributed by atoms with E-state index in [9.17, 15) is 4.79 Å². The molecule has 0 bridgehead atoms. The van der Waals surface area contributed by atoms with Crippen LogP contribution >= 0.6 is 11.3 Å². The van der Waals surface area contributed by atoms with Crippen LogP contribution in [0.5, 0.6) is 0 Å². The van der Waals surface area contributed by atoms with Crippen molar-refractivity contribution in [3.63, 3.8) is 0 Å². The van der Waals surface area contributed by atoms with Gasteiger partial charge in [0.15, 0.2) is 5.69 Å². The number of thiophene rings is 1. The predicted octanol–water partition coefficient (Wildman–Crippen LogP) is 1.92. The Balaban J connectivity index is 1.79. The van der Waals surface area contributed by atoms with E-state index in [-0.39, 0.29) is 5.91 Å². The highest BCUT2D eigenvalue weighted by Crippen LogP contribution is 2.26. The zero-order valence-electron chi connectivity index (χ0n) is 10.7. The van der Waals surface area contributed by atoms with Crippen molar-refractivity contribution in [1.82, 2.24) is 15.1 Å². The molecule has 0 radical (unpaired) electrons. The molecule has 2 aromatic heterocycles. The van der Waals surface area contributed by atoms with Crippen molar-refractivity contribution in [2.45, 2.75) is 6.92 Å². The summed E-state index contributed by atoms with van der Waals surface area (Å²) in [7, 11) is 0. The van der Waals surface area contributed by atoms with E-state index >= 15 is 0 Å². The molecule has 100 valence electrons. The number of H-pyrrole nitrogens is 1. The molecule has 0 saturated carbocycles. The number of aryl methyl sites for hydroxylation is 1. The maximum Gasteiger partial charge on any atom is 0.274 e. The van der Waals surface area contributed by atoms with Gasteiger partial charge in [0.05, 0.1) is 23.8 Å². The van der Waals surface area contributed by atoms with Gasteiger partial charge >= 0.3 is 0 Å². The van der Waals surface area contributed by atoms with Gasteiger partial charge in [-0.1, -0.05) is 0 Å². The molecule has 1 amide bonds. The number of morpholine rings is 1. The van der Waals surface area contributed by atoms with E-state index < -0.39 is 0 Å². The largest absolute Gasteiger partial charge is 0.378 e. The molecule has 1 aliphatic rings. The van der Waals surface area contributed by atoms with Crippen LogP contribution in [-0.4, -0.2) is 47.3 Å². The van der Waals surface area contributed by atoms with E-state index in [2.05, 4.69) is 23.2 Å². The lowest BCUT2D eigenvalue weighted by Gasteiger charge is -2.25. The number of nitrogens with one attached hydrogen (secondary N) is 1. The van der Waals surface area contributed by atoms with E-state index in [0.29, 0.717) is 32.0 Å². The minimum atomic E-state index is -0.0286. The zero-order valence-corrected chi connectivity index (χ0v) is 11.5. The number of hydrogen-bond acceptors (Lipinski definition) is 4. The van der Waals surface area contributed by atoms with Gasteiger partial charge in [-0.3, -0.25) is 9.89 Å².